The molecule has 0 aromatic rings. The van der Waals surface area contributed by atoms with Crippen molar-refractivity contribution < 1.29 is 4.43 Å². The molecule has 0 N–H and O–H groups in total. The lowest BCUT2D eigenvalue weighted by atomic mass is 10.4. The van der Waals surface area contributed by atoms with Crippen molar-refractivity contribution in [2.75, 3.05) is 7.11 Å². The van der Waals surface area contributed by atoms with Crippen LogP contribution in [0.2, 0.25) is 6.04 Å². The zero-order valence-electron chi connectivity index (χ0n) is 5.03. The molecule has 0 atom stereocenters. The Morgan fingerprint density at radius 2 is 2.25 bits per heavy atom. The van der Waals surface area contributed by atoms with Gasteiger partial charge in [-0.2, -0.15) is 0 Å². The predicted octanol–water partition coefficient (Wildman–Crippen LogP) is 1.35. The van der Waals surface area contributed by atoms with E-state index in [1.165, 1.54) is 5.57 Å². The lowest BCUT2D eigenvalue weighted by Gasteiger charge is -1.92. The van der Waals surface area contributed by atoms with Crippen LogP contribution in [0, 0.1) is 0 Å². The minimum Gasteiger partial charge on any atom is -0.427 e. The molecule has 2 heteroatoms. The van der Waals surface area contributed by atoms with Crippen molar-refractivity contribution in [2.45, 2.75) is 20.4 Å². The Kier molecular flexibility index (Phi) is 9.35. The normalized spacial score (nSPS) is 9.25. The topological polar surface area (TPSA) is 9.23 Å². The summed E-state index contributed by atoms with van der Waals surface area (Å²) in [5, 5.41) is 0. The van der Waals surface area contributed by atoms with Crippen molar-refractivity contribution >= 4 is 9.76 Å². The van der Waals surface area contributed by atoms with Crippen LogP contribution in [0.25, 0.3) is 0 Å². The first kappa shape index (κ1) is 10.8. The van der Waals surface area contributed by atoms with Crippen LogP contribution >= 0.6 is 0 Å². The van der Waals surface area contributed by atoms with Crippen LogP contribution in [0.5, 0.6) is 0 Å². The number of hydrogen-bond acceptors (Lipinski definition) is 1. The highest BCUT2D eigenvalue weighted by Crippen LogP contribution is 1.92. The highest BCUT2D eigenvalue weighted by molar-refractivity contribution is 6.28. The number of rotatable bonds is 3. The summed E-state index contributed by atoms with van der Waals surface area (Å²) >= 11 is 0. The second-order valence-corrected chi connectivity index (χ2v) is 3.19. The average molecular weight is 132 g/mol. The first-order valence-corrected chi connectivity index (χ1v) is 3.98. The molecule has 0 fully saturated rings. The predicted molar refractivity (Wildman–Crippen MR) is 41.9 cm³/mol. The maximum atomic E-state index is 4.93. The van der Waals surface area contributed by atoms with Gasteiger partial charge in [-0.1, -0.05) is 13.0 Å². The number of hydrogen-bond donors (Lipinski definition) is 0. The van der Waals surface area contributed by atoms with Crippen LogP contribution in [-0.4, -0.2) is 16.9 Å². The first-order chi connectivity index (χ1) is 3.27. The van der Waals surface area contributed by atoms with Crippen molar-refractivity contribution in [3.63, 3.8) is 0 Å². The van der Waals surface area contributed by atoms with Gasteiger partial charge in [-0.15, -0.1) is 6.58 Å². The quantitative estimate of drug-likeness (QED) is 0.416. The largest absolute Gasteiger partial charge is 0.427 e. The van der Waals surface area contributed by atoms with Gasteiger partial charge in [0.2, 0.25) is 0 Å². The molecule has 0 aromatic heterocycles. The summed E-state index contributed by atoms with van der Waals surface area (Å²) in [7, 11) is 1.53. The first-order valence-electron chi connectivity index (χ1n) is 2.40. The molecular weight excluding hydrogens is 116 g/mol. The van der Waals surface area contributed by atoms with Gasteiger partial charge in [0.05, 0.1) is 0 Å². The summed E-state index contributed by atoms with van der Waals surface area (Å²) in [6.07, 6.45) is 0. The molecule has 50 valence electrons. The lowest BCUT2D eigenvalue weighted by Crippen LogP contribution is -1.91. The molecule has 8 heavy (non-hydrogen) atoms. The Morgan fingerprint density at radius 3 is 2.38 bits per heavy atom. The Morgan fingerprint density at radius 1 is 1.75 bits per heavy atom. The van der Waals surface area contributed by atoms with Gasteiger partial charge in [0, 0.05) is 7.11 Å². The van der Waals surface area contributed by atoms with E-state index in [0.29, 0.717) is 0 Å². The molecular formula is C6H16OSi. The van der Waals surface area contributed by atoms with E-state index in [1.54, 1.807) is 7.11 Å². The van der Waals surface area contributed by atoms with E-state index in [0.717, 1.165) is 6.04 Å². The van der Waals surface area contributed by atoms with E-state index in [1.807, 2.05) is 6.92 Å². The second kappa shape index (κ2) is 6.92. The summed E-state index contributed by atoms with van der Waals surface area (Å²) in [6.45, 7) is 5.78. The van der Waals surface area contributed by atoms with Gasteiger partial charge in [0.25, 0.3) is 0 Å². The fourth-order valence-corrected chi connectivity index (χ4v) is 0.829. The van der Waals surface area contributed by atoms with Crippen LogP contribution in [-0.2, 0) is 4.43 Å². The zero-order chi connectivity index (χ0) is 5.70. The summed E-state index contributed by atoms with van der Waals surface area (Å²) in [6, 6.07) is 1.12. The van der Waals surface area contributed by atoms with E-state index in [4.69, 9.17) is 4.43 Å². The monoisotopic (exact) mass is 132 g/mol. The molecule has 0 aliphatic carbocycles. The molecule has 0 radical (unpaired) electrons. The lowest BCUT2D eigenvalue weighted by molar-refractivity contribution is 0.443. The maximum absolute atomic E-state index is 4.93. The summed E-state index contributed by atoms with van der Waals surface area (Å²) in [5.74, 6) is 0. The smallest absolute Gasteiger partial charge is 0.164 e. The fourth-order valence-electron chi connectivity index (χ4n) is 0.276. The Labute approximate surface area is 54.7 Å². The van der Waals surface area contributed by atoms with Crippen molar-refractivity contribution in [3.8, 4) is 0 Å². The standard InChI is InChI=1S/C5H12OSi.CH4/c1-5(2)4-7-6-3;/h1,4,7H2,2-3H3;1H4. The van der Waals surface area contributed by atoms with Crippen molar-refractivity contribution in [1.82, 2.24) is 0 Å². The molecule has 1 nitrogen and oxygen atoms in total. The molecule has 0 saturated carbocycles. The van der Waals surface area contributed by atoms with Gasteiger partial charge >= 0.3 is 0 Å². The summed E-state index contributed by atoms with van der Waals surface area (Å²) in [5.41, 5.74) is 1.24. The Balaban J connectivity index is 0. The molecule has 0 aliphatic rings. The molecule has 0 amide bonds. The highest BCUT2D eigenvalue weighted by Gasteiger charge is 1.82. The van der Waals surface area contributed by atoms with Crippen LogP contribution in [0.3, 0.4) is 0 Å². The fraction of sp³-hybridized carbons (Fsp3) is 0.667. The van der Waals surface area contributed by atoms with E-state index in [2.05, 4.69) is 6.58 Å². The molecule has 0 spiro atoms. The molecule has 0 heterocycles. The molecule has 0 saturated heterocycles. The van der Waals surface area contributed by atoms with Crippen molar-refractivity contribution in [1.29, 1.82) is 0 Å². The van der Waals surface area contributed by atoms with Crippen LogP contribution < -0.4 is 0 Å². The molecule has 0 bridgehead atoms. The van der Waals surface area contributed by atoms with Crippen LogP contribution in [0.15, 0.2) is 12.2 Å². The number of allylic oxidation sites excluding steroid dienone is 1. The van der Waals surface area contributed by atoms with Gasteiger partial charge in [0.1, 0.15) is 0 Å². The maximum Gasteiger partial charge on any atom is 0.164 e. The molecule has 0 unspecified atom stereocenters. The van der Waals surface area contributed by atoms with Crippen LogP contribution in [0.4, 0.5) is 0 Å². The summed E-state index contributed by atoms with van der Waals surface area (Å²) < 4.78 is 4.93. The van der Waals surface area contributed by atoms with Gasteiger partial charge in [-0.05, 0) is 13.0 Å². The van der Waals surface area contributed by atoms with Gasteiger partial charge in [-0.3, -0.25) is 0 Å². The summed E-state index contributed by atoms with van der Waals surface area (Å²) in [4.78, 5) is 0. The van der Waals surface area contributed by atoms with Crippen molar-refractivity contribution in [2.24, 2.45) is 0 Å². The van der Waals surface area contributed by atoms with E-state index >= 15 is 0 Å². The molecule has 0 rings (SSSR count). The Bertz CT molecular complexity index is 61.5. The SMILES string of the molecule is C.C=C(C)C[SiH2]OC. The van der Waals surface area contributed by atoms with E-state index < -0.39 is 0 Å². The average Bonchev–Trinajstić information content (AvgIpc) is 1.61. The van der Waals surface area contributed by atoms with Crippen LogP contribution in [0.1, 0.15) is 14.4 Å². The van der Waals surface area contributed by atoms with Gasteiger partial charge in [0.15, 0.2) is 9.76 Å². The molecule has 0 aliphatic heterocycles. The van der Waals surface area contributed by atoms with E-state index in [-0.39, 0.29) is 17.2 Å². The zero-order valence-corrected chi connectivity index (χ0v) is 6.44. The van der Waals surface area contributed by atoms with Crippen molar-refractivity contribution in [3.05, 3.63) is 12.2 Å². The van der Waals surface area contributed by atoms with E-state index in [9.17, 15) is 0 Å². The third-order valence-corrected chi connectivity index (χ3v) is 2.20. The third kappa shape index (κ3) is 9.32. The van der Waals surface area contributed by atoms with Gasteiger partial charge in [-0.25, -0.2) is 0 Å². The third-order valence-electron chi connectivity index (χ3n) is 0.733. The highest BCUT2D eigenvalue weighted by atomic mass is 28.2. The minimum atomic E-state index is -0.225. The second-order valence-electron chi connectivity index (χ2n) is 1.70. The molecule has 0 aromatic carbocycles. The van der Waals surface area contributed by atoms with Gasteiger partial charge < -0.3 is 4.43 Å². The Hall–Kier alpha value is -0.0831. The minimum absolute atomic E-state index is 0.